The maximum absolute atomic E-state index is 13.6. The van der Waals surface area contributed by atoms with Crippen molar-refractivity contribution in [3.05, 3.63) is 55.9 Å². The van der Waals surface area contributed by atoms with Crippen LogP contribution >= 0.6 is 27.3 Å². The molecular weight excluding hydrogens is 291 g/mol. The molecule has 1 nitrogen and oxygen atoms in total. The van der Waals surface area contributed by atoms with Gasteiger partial charge >= 0.3 is 0 Å². The minimum atomic E-state index is -0.463. The maximum atomic E-state index is 13.6. The van der Waals surface area contributed by atoms with Crippen molar-refractivity contribution in [2.24, 2.45) is 0 Å². The molecule has 0 saturated carbocycles. The van der Waals surface area contributed by atoms with Crippen LogP contribution in [0, 0.1) is 12.7 Å². The number of carbonyl (C=O) groups excluding carboxylic acids is 1. The lowest BCUT2D eigenvalue weighted by atomic mass is 10.1. The van der Waals surface area contributed by atoms with Gasteiger partial charge in [-0.3, -0.25) is 4.79 Å². The molecule has 82 valence electrons. The average Bonchev–Trinajstić information content (AvgIpc) is 2.64. The van der Waals surface area contributed by atoms with Crippen LogP contribution in [0.5, 0.6) is 0 Å². The predicted molar refractivity (Wildman–Crippen MR) is 66.6 cm³/mol. The van der Waals surface area contributed by atoms with Gasteiger partial charge in [-0.2, -0.15) is 0 Å². The van der Waals surface area contributed by atoms with Crippen molar-refractivity contribution < 1.29 is 9.18 Å². The summed E-state index contributed by atoms with van der Waals surface area (Å²) in [4.78, 5) is 12.5. The molecule has 0 saturated heterocycles. The van der Waals surface area contributed by atoms with Crippen LogP contribution < -0.4 is 0 Å². The molecular formula is C12H8BrFOS. The van der Waals surface area contributed by atoms with Crippen molar-refractivity contribution in [2.75, 3.05) is 0 Å². The van der Waals surface area contributed by atoms with Gasteiger partial charge in [-0.15, -0.1) is 11.3 Å². The van der Waals surface area contributed by atoms with Gasteiger partial charge in [0.15, 0.2) is 0 Å². The molecule has 0 fully saturated rings. The van der Waals surface area contributed by atoms with E-state index in [-0.39, 0.29) is 11.3 Å². The number of carbonyl (C=O) groups is 1. The van der Waals surface area contributed by atoms with E-state index in [0.29, 0.717) is 4.88 Å². The fourth-order valence-electron chi connectivity index (χ4n) is 1.37. The quantitative estimate of drug-likeness (QED) is 0.760. The molecule has 0 atom stereocenters. The molecule has 1 aromatic heterocycles. The molecule has 0 aliphatic carbocycles. The highest BCUT2D eigenvalue weighted by Gasteiger charge is 2.15. The monoisotopic (exact) mass is 298 g/mol. The first kappa shape index (κ1) is 11.5. The Labute approximate surface area is 105 Å². The molecule has 1 heterocycles. The lowest BCUT2D eigenvalue weighted by Gasteiger charge is -2.01. The van der Waals surface area contributed by atoms with Gasteiger partial charge in [-0.1, -0.05) is 6.07 Å². The van der Waals surface area contributed by atoms with E-state index in [2.05, 4.69) is 15.9 Å². The molecule has 0 N–H and O–H groups in total. The first-order valence-electron chi connectivity index (χ1n) is 4.64. The standard InChI is InChI=1S/C12H8BrFOS/c1-7-2-3-8(9(14)6-7)12(15)10-4-5-11(13)16-10/h2-6H,1H3. The fraction of sp³-hybridized carbons (Fsp3) is 0.0833. The topological polar surface area (TPSA) is 17.1 Å². The van der Waals surface area contributed by atoms with E-state index in [0.717, 1.165) is 9.35 Å². The second-order valence-electron chi connectivity index (χ2n) is 3.42. The molecule has 0 spiro atoms. The number of hydrogen-bond donors (Lipinski definition) is 0. The highest BCUT2D eigenvalue weighted by Crippen LogP contribution is 2.25. The summed E-state index contributed by atoms with van der Waals surface area (Å²) in [5.41, 5.74) is 0.932. The molecule has 0 radical (unpaired) electrons. The Morgan fingerprint density at radius 3 is 2.62 bits per heavy atom. The second kappa shape index (κ2) is 4.47. The molecule has 16 heavy (non-hydrogen) atoms. The summed E-state index contributed by atoms with van der Waals surface area (Å²) in [5, 5.41) is 0. The van der Waals surface area contributed by atoms with Gasteiger partial charge in [0.1, 0.15) is 5.82 Å². The number of rotatable bonds is 2. The Morgan fingerprint density at radius 2 is 2.06 bits per heavy atom. The lowest BCUT2D eigenvalue weighted by Crippen LogP contribution is -2.02. The molecule has 0 aliphatic rings. The number of hydrogen-bond acceptors (Lipinski definition) is 2. The zero-order chi connectivity index (χ0) is 11.7. The Bertz CT molecular complexity index is 548. The predicted octanol–water partition coefficient (Wildman–Crippen LogP) is 4.19. The Hall–Kier alpha value is -1.00. The normalized spacial score (nSPS) is 10.4. The summed E-state index contributed by atoms with van der Waals surface area (Å²) in [6.07, 6.45) is 0. The largest absolute Gasteiger partial charge is 0.288 e. The van der Waals surface area contributed by atoms with Gasteiger partial charge in [0.25, 0.3) is 0 Å². The third kappa shape index (κ3) is 2.23. The van der Waals surface area contributed by atoms with Gasteiger partial charge in [-0.25, -0.2) is 4.39 Å². The van der Waals surface area contributed by atoms with Gasteiger partial charge in [0, 0.05) is 0 Å². The van der Waals surface area contributed by atoms with Gasteiger partial charge in [-0.05, 0) is 52.7 Å². The lowest BCUT2D eigenvalue weighted by molar-refractivity contribution is 0.103. The Morgan fingerprint density at radius 1 is 1.31 bits per heavy atom. The first-order valence-corrected chi connectivity index (χ1v) is 6.25. The van der Waals surface area contributed by atoms with E-state index in [1.54, 1.807) is 25.1 Å². The summed E-state index contributed by atoms with van der Waals surface area (Å²) in [6.45, 7) is 1.79. The van der Waals surface area contributed by atoms with E-state index < -0.39 is 5.82 Å². The third-order valence-corrected chi connectivity index (χ3v) is 3.79. The van der Waals surface area contributed by atoms with Crippen LogP contribution in [0.1, 0.15) is 20.8 Å². The summed E-state index contributed by atoms with van der Waals surface area (Å²) in [5.74, 6) is -0.734. The fourth-order valence-corrected chi connectivity index (χ4v) is 2.71. The van der Waals surface area contributed by atoms with E-state index >= 15 is 0 Å². The van der Waals surface area contributed by atoms with Crippen LogP contribution in [0.15, 0.2) is 34.1 Å². The van der Waals surface area contributed by atoms with Crippen molar-refractivity contribution in [3.63, 3.8) is 0 Å². The smallest absolute Gasteiger partial charge is 0.205 e. The highest BCUT2D eigenvalue weighted by atomic mass is 79.9. The number of aryl methyl sites for hydroxylation is 1. The van der Waals surface area contributed by atoms with Gasteiger partial charge in [0.2, 0.25) is 5.78 Å². The van der Waals surface area contributed by atoms with Crippen molar-refractivity contribution in [3.8, 4) is 0 Å². The Balaban J connectivity index is 2.41. The molecule has 0 aliphatic heterocycles. The molecule has 1 aromatic carbocycles. The van der Waals surface area contributed by atoms with E-state index in [1.165, 1.54) is 23.5 Å². The van der Waals surface area contributed by atoms with Crippen molar-refractivity contribution in [1.29, 1.82) is 0 Å². The van der Waals surface area contributed by atoms with Crippen LogP contribution in [0.2, 0.25) is 0 Å². The highest BCUT2D eigenvalue weighted by molar-refractivity contribution is 9.11. The average molecular weight is 299 g/mol. The van der Waals surface area contributed by atoms with Gasteiger partial charge in [0.05, 0.1) is 14.2 Å². The zero-order valence-corrected chi connectivity index (χ0v) is 10.9. The van der Waals surface area contributed by atoms with Crippen molar-refractivity contribution in [1.82, 2.24) is 0 Å². The number of thiophene rings is 1. The van der Waals surface area contributed by atoms with Gasteiger partial charge < -0.3 is 0 Å². The summed E-state index contributed by atoms with van der Waals surface area (Å²) in [7, 11) is 0. The summed E-state index contributed by atoms with van der Waals surface area (Å²) in [6, 6.07) is 8.11. The minimum absolute atomic E-state index is 0.125. The van der Waals surface area contributed by atoms with Crippen molar-refractivity contribution >= 4 is 33.0 Å². The third-order valence-electron chi connectivity index (χ3n) is 2.17. The summed E-state index contributed by atoms with van der Waals surface area (Å²) >= 11 is 4.58. The molecule has 4 heteroatoms. The zero-order valence-electron chi connectivity index (χ0n) is 8.46. The maximum Gasteiger partial charge on any atom is 0.205 e. The van der Waals surface area contributed by atoms with Crippen LogP contribution in [-0.4, -0.2) is 5.78 Å². The van der Waals surface area contributed by atoms with E-state index in [9.17, 15) is 9.18 Å². The van der Waals surface area contributed by atoms with E-state index in [4.69, 9.17) is 0 Å². The SMILES string of the molecule is Cc1ccc(C(=O)c2ccc(Br)s2)c(F)c1. The Kier molecular flexibility index (Phi) is 3.21. The number of ketones is 1. The van der Waals surface area contributed by atoms with Crippen LogP contribution in [0.4, 0.5) is 4.39 Å². The van der Waals surface area contributed by atoms with Crippen molar-refractivity contribution in [2.45, 2.75) is 6.92 Å². The van der Waals surface area contributed by atoms with Crippen LogP contribution in [-0.2, 0) is 0 Å². The van der Waals surface area contributed by atoms with E-state index in [1.807, 2.05) is 0 Å². The minimum Gasteiger partial charge on any atom is -0.288 e. The molecule has 2 rings (SSSR count). The summed E-state index contributed by atoms with van der Waals surface area (Å²) < 4.78 is 14.4. The molecule has 0 amide bonds. The van der Waals surface area contributed by atoms with Crippen LogP contribution in [0.3, 0.4) is 0 Å². The van der Waals surface area contributed by atoms with Crippen LogP contribution in [0.25, 0.3) is 0 Å². The number of benzene rings is 1. The molecule has 0 unspecified atom stereocenters. The number of halogens is 2. The molecule has 2 aromatic rings. The second-order valence-corrected chi connectivity index (χ2v) is 5.88. The first-order chi connectivity index (χ1) is 7.58. The molecule has 0 bridgehead atoms.